The minimum absolute atomic E-state index is 0.519. The van der Waals surface area contributed by atoms with Crippen LogP contribution < -0.4 is 4.74 Å². The second-order valence-electron chi connectivity index (χ2n) is 6.97. The van der Waals surface area contributed by atoms with Crippen LogP contribution in [0.15, 0.2) is 59.1 Å². The van der Waals surface area contributed by atoms with Gasteiger partial charge in [0.15, 0.2) is 5.16 Å². The quantitative estimate of drug-likeness (QED) is 0.171. The lowest BCUT2D eigenvalue weighted by Gasteiger charge is -2.09. The number of benzene rings is 2. The molecule has 0 N–H and O–H groups in total. The fourth-order valence-electron chi connectivity index (χ4n) is 3.16. The molecule has 9 heteroatoms. The van der Waals surface area contributed by atoms with Crippen LogP contribution in [0.25, 0.3) is 10.6 Å². The second-order valence-corrected chi connectivity index (χ2v) is 9.61. The van der Waals surface area contributed by atoms with Gasteiger partial charge < -0.3 is 9.30 Å². The van der Waals surface area contributed by atoms with E-state index in [-0.39, 0.29) is 0 Å². The van der Waals surface area contributed by atoms with Gasteiger partial charge in [-0.05, 0) is 31.5 Å². The first-order chi connectivity index (χ1) is 15.6. The number of thioether (sulfide) groups is 1. The topological polar surface area (TPSA) is 52.8 Å². The number of aryl methyl sites for hydroxylation is 1. The lowest BCUT2D eigenvalue weighted by atomic mass is 10.2. The number of rotatable bonds is 10. The van der Waals surface area contributed by atoms with E-state index >= 15 is 0 Å². The molecule has 0 saturated carbocycles. The van der Waals surface area contributed by atoms with Crippen molar-refractivity contribution in [2.24, 2.45) is 0 Å². The SMILES string of the molecule is CCn1c(CCCOc2ccc(Cl)cc2Cl)nnc1SCc1csc(-c2ccccc2)n1. The summed E-state index contributed by atoms with van der Waals surface area (Å²) in [4.78, 5) is 4.76. The van der Waals surface area contributed by atoms with E-state index in [9.17, 15) is 0 Å². The largest absolute Gasteiger partial charge is 0.492 e. The van der Waals surface area contributed by atoms with Crippen LogP contribution >= 0.6 is 46.3 Å². The first-order valence-electron chi connectivity index (χ1n) is 10.3. The molecule has 0 bridgehead atoms. The Labute approximate surface area is 205 Å². The summed E-state index contributed by atoms with van der Waals surface area (Å²) in [5.41, 5.74) is 2.20. The first kappa shape index (κ1) is 23.1. The van der Waals surface area contributed by atoms with Gasteiger partial charge in [0.2, 0.25) is 0 Å². The molecule has 0 unspecified atom stereocenters. The van der Waals surface area contributed by atoms with Crippen molar-refractivity contribution in [3.05, 3.63) is 75.5 Å². The normalized spacial score (nSPS) is 11.1. The van der Waals surface area contributed by atoms with Crippen molar-refractivity contribution in [3.63, 3.8) is 0 Å². The number of thiazole rings is 1. The number of nitrogens with zero attached hydrogens (tertiary/aromatic N) is 4. The third-order valence-corrected chi connectivity index (χ3v) is 7.20. The lowest BCUT2D eigenvalue weighted by molar-refractivity contribution is 0.309. The Morgan fingerprint density at radius 1 is 1.09 bits per heavy atom. The molecule has 2 heterocycles. The molecule has 4 aromatic rings. The molecule has 0 amide bonds. The van der Waals surface area contributed by atoms with E-state index in [1.807, 2.05) is 18.2 Å². The van der Waals surface area contributed by atoms with Crippen molar-refractivity contribution in [3.8, 4) is 16.3 Å². The fraction of sp³-hybridized carbons (Fsp3) is 0.261. The predicted octanol–water partition coefficient (Wildman–Crippen LogP) is 7.03. The molecule has 0 atom stereocenters. The molecule has 0 aliphatic heterocycles. The maximum absolute atomic E-state index is 6.15. The molecular weight excluding hydrogens is 483 g/mol. The second kappa shape index (κ2) is 11.2. The van der Waals surface area contributed by atoms with Gasteiger partial charge in [-0.2, -0.15) is 0 Å². The summed E-state index contributed by atoms with van der Waals surface area (Å²) in [5, 5.41) is 14.0. The van der Waals surface area contributed by atoms with Gasteiger partial charge in [0.05, 0.1) is 17.3 Å². The highest BCUT2D eigenvalue weighted by atomic mass is 35.5. The molecule has 2 aromatic heterocycles. The summed E-state index contributed by atoms with van der Waals surface area (Å²) >= 11 is 15.4. The number of hydrogen-bond donors (Lipinski definition) is 0. The highest BCUT2D eigenvalue weighted by Crippen LogP contribution is 2.29. The number of ether oxygens (including phenoxy) is 1. The van der Waals surface area contributed by atoms with Gasteiger partial charge in [0.1, 0.15) is 16.6 Å². The van der Waals surface area contributed by atoms with Crippen molar-refractivity contribution in [1.29, 1.82) is 0 Å². The van der Waals surface area contributed by atoms with E-state index in [0.29, 0.717) is 22.4 Å². The van der Waals surface area contributed by atoms with E-state index in [1.54, 1.807) is 41.3 Å². The Kier molecular flexibility index (Phi) is 8.08. The Morgan fingerprint density at radius 3 is 2.72 bits per heavy atom. The summed E-state index contributed by atoms with van der Waals surface area (Å²) in [7, 11) is 0. The third-order valence-electron chi connectivity index (χ3n) is 4.73. The smallest absolute Gasteiger partial charge is 0.191 e. The van der Waals surface area contributed by atoms with Crippen LogP contribution in [-0.2, 0) is 18.7 Å². The van der Waals surface area contributed by atoms with Crippen molar-refractivity contribution in [2.75, 3.05) is 6.61 Å². The Morgan fingerprint density at radius 2 is 1.94 bits per heavy atom. The minimum Gasteiger partial charge on any atom is -0.492 e. The molecule has 0 saturated heterocycles. The molecule has 0 fully saturated rings. The summed E-state index contributed by atoms with van der Waals surface area (Å²) in [5.74, 6) is 2.37. The zero-order valence-corrected chi connectivity index (χ0v) is 20.6. The average Bonchev–Trinajstić information content (AvgIpc) is 3.43. The highest BCUT2D eigenvalue weighted by Gasteiger charge is 2.13. The summed E-state index contributed by atoms with van der Waals surface area (Å²) in [6, 6.07) is 15.5. The highest BCUT2D eigenvalue weighted by molar-refractivity contribution is 7.98. The molecule has 2 aromatic carbocycles. The predicted molar refractivity (Wildman–Crippen MR) is 133 cm³/mol. The van der Waals surface area contributed by atoms with E-state index in [2.05, 4.69) is 39.2 Å². The number of halogens is 2. The Balaban J connectivity index is 1.30. The van der Waals surface area contributed by atoms with Crippen LogP contribution in [0.5, 0.6) is 5.75 Å². The maximum atomic E-state index is 6.15. The van der Waals surface area contributed by atoms with Crippen molar-refractivity contribution in [2.45, 2.75) is 37.2 Å². The van der Waals surface area contributed by atoms with Crippen LogP contribution in [0.1, 0.15) is 24.9 Å². The van der Waals surface area contributed by atoms with Crippen molar-refractivity contribution < 1.29 is 4.74 Å². The first-order valence-corrected chi connectivity index (χ1v) is 12.9. The molecule has 4 rings (SSSR count). The van der Waals surface area contributed by atoms with E-state index in [1.165, 1.54) is 0 Å². The third kappa shape index (κ3) is 5.84. The molecule has 5 nitrogen and oxygen atoms in total. The van der Waals surface area contributed by atoms with Crippen molar-refractivity contribution in [1.82, 2.24) is 19.7 Å². The molecule has 0 spiro atoms. The molecule has 166 valence electrons. The van der Waals surface area contributed by atoms with Gasteiger partial charge >= 0.3 is 0 Å². The van der Waals surface area contributed by atoms with Gasteiger partial charge in [-0.1, -0.05) is 65.3 Å². The zero-order valence-electron chi connectivity index (χ0n) is 17.5. The molecule has 0 radical (unpaired) electrons. The number of aromatic nitrogens is 4. The molecule has 0 aliphatic carbocycles. The summed E-state index contributed by atoms with van der Waals surface area (Å²) < 4.78 is 7.93. The molecule has 0 aliphatic rings. The van der Waals surface area contributed by atoms with Gasteiger partial charge in [-0.25, -0.2) is 4.98 Å². The minimum atomic E-state index is 0.519. The lowest BCUT2D eigenvalue weighted by Crippen LogP contribution is -2.06. The standard InChI is InChI=1S/C23H22Cl2N4OS2/c1-2-29-21(9-6-12-30-20-11-10-17(24)13-19(20)25)27-28-23(29)32-15-18-14-31-22(26-18)16-7-4-3-5-8-16/h3-5,7-8,10-11,13-14H,2,6,9,12,15H2,1H3. The summed E-state index contributed by atoms with van der Waals surface area (Å²) in [6.07, 6.45) is 1.59. The van der Waals surface area contributed by atoms with Crippen molar-refractivity contribution >= 4 is 46.3 Å². The fourth-order valence-corrected chi connectivity index (χ4v) is 5.47. The zero-order chi connectivity index (χ0) is 22.3. The van der Waals surface area contributed by atoms with Crippen LogP contribution in [0.4, 0.5) is 0 Å². The van der Waals surface area contributed by atoms with Gasteiger partial charge in [0.25, 0.3) is 0 Å². The van der Waals surface area contributed by atoms with Crippen LogP contribution in [0.3, 0.4) is 0 Å². The van der Waals surface area contributed by atoms with E-state index in [4.69, 9.17) is 32.9 Å². The molecular formula is C23H22Cl2N4OS2. The maximum Gasteiger partial charge on any atom is 0.191 e. The Bertz CT molecular complexity index is 1160. The Hall–Kier alpha value is -2.06. The van der Waals surface area contributed by atoms with Crippen LogP contribution in [0.2, 0.25) is 10.0 Å². The molecule has 32 heavy (non-hydrogen) atoms. The van der Waals surface area contributed by atoms with E-state index < -0.39 is 0 Å². The van der Waals surface area contributed by atoms with E-state index in [0.717, 1.165) is 52.4 Å². The van der Waals surface area contributed by atoms with Gasteiger partial charge in [-0.3, -0.25) is 0 Å². The number of hydrogen-bond acceptors (Lipinski definition) is 6. The van der Waals surface area contributed by atoms with Gasteiger partial charge in [-0.15, -0.1) is 21.5 Å². The van der Waals surface area contributed by atoms with Gasteiger partial charge in [0, 0.05) is 34.7 Å². The van der Waals surface area contributed by atoms with Crippen LogP contribution in [0, 0.1) is 0 Å². The average molecular weight is 505 g/mol. The monoisotopic (exact) mass is 504 g/mol. The summed E-state index contributed by atoms with van der Waals surface area (Å²) in [6.45, 7) is 3.47. The van der Waals surface area contributed by atoms with Crippen LogP contribution in [-0.4, -0.2) is 26.4 Å².